The van der Waals surface area contributed by atoms with Crippen molar-refractivity contribution in [3.05, 3.63) is 18.6 Å². The van der Waals surface area contributed by atoms with E-state index in [-0.39, 0.29) is 0 Å². The molecule has 2 aromatic rings. The lowest BCUT2D eigenvalue weighted by molar-refractivity contribution is -0.683. The van der Waals surface area contributed by atoms with Gasteiger partial charge in [0, 0.05) is 18.2 Å². The summed E-state index contributed by atoms with van der Waals surface area (Å²) in [7, 11) is 0. The van der Waals surface area contributed by atoms with Crippen LogP contribution in [0.5, 0.6) is 0 Å². The lowest BCUT2D eigenvalue weighted by atomic mass is 10.3. The van der Waals surface area contributed by atoms with E-state index in [9.17, 15) is 0 Å². The molecule has 0 atom stereocenters. The maximum atomic E-state index is 5.63. The second-order valence-electron chi connectivity index (χ2n) is 5.85. The molecule has 1 aliphatic rings. The number of fused-ring (bicyclic) bond motifs is 1. The van der Waals surface area contributed by atoms with Crippen LogP contribution in [0.1, 0.15) is 19.3 Å². The van der Waals surface area contributed by atoms with Crippen LogP contribution in [0.4, 0.5) is 17.5 Å². The minimum Gasteiger partial charge on any atom is -0.368 e. The van der Waals surface area contributed by atoms with Crippen LogP contribution in [0, 0.1) is 0 Å². The number of azo groups is 1. The quantitative estimate of drug-likeness (QED) is 0.492. The number of anilines is 1. The Balaban J connectivity index is 1.83. The van der Waals surface area contributed by atoms with Gasteiger partial charge >= 0.3 is 5.95 Å². The molecule has 0 spiro atoms. The molecule has 3 rings (SSSR count). The molecular weight excluding hydrogens is 306 g/mol. The molecule has 0 saturated carbocycles. The Morgan fingerprint density at radius 1 is 1.25 bits per heavy atom. The van der Waals surface area contributed by atoms with Crippen LogP contribution in [0.3, 0.4) is 0 Å². The summed E-state index contributed by atoms with van der Waals surface area (Å²) in [6.07, 6.45) is 8.68. The molecule has 0 radical (unpaired) electrons. The summed E-state index contributed by atoms with van der Waals surface area (Å²) in [6, 6.07) is 0. The van der Waals surface area contributed by atoms with Gasteiger partial charge in [-0.05, 0) is 32.4 Å². The number of nitrogens with one attached hydrogen (secondary N) is 1. The molecule has 3 heterocycles. The average molecular weight is 332 g/mol. The number of nitrogens with zero attached hydrogens (tertiary/aromatic N) is 6. The fourth-order valence-electron chi connectivity index (χ4n) is 2.78. The van der Waals surface area contributed by atoms with Crippen molar-refractivity contribution in [3.8, 4) is 0 Å². The zero-order valence-corrected chi connectivity index (χ0v) is 13.9. The second kappa shape index (κ2) is 8.02. The first-order valence-corrected chi connectivity index (χ1v) is 8.53. The van der Waals surface area contributed by atoms with Crippen molar-refractivity contribution < 1.29 is 4.57 Å². The van der Waals surface area contributed by atoms with Gasteiger partial charge in [0.25, 0.3) is 0 Å². The normalized spacial score (nSPS) is 14.1. The molecule has 0 unspecified atom stereocenters. The Morgan fingerprint density at radius 2 is 2.12 bits per heavy atom. The third-order valence-corrected chi connectivity index (χ3v) is 4.05. The highest BCUT2D eigenvalue weighted by molar-refractivity contribution is 5.60. The number of imidazole rings is 1. The Morgan fingerprint density at radius 3 is 2.96 bits per heavy atom. The fraction of sp³-hybridized carbons (Fsp3) is 0.600. The highest BCUT2D eigenvalue weighted by Crippen LogP contribution is 2.28. The molecular formula is C15H26N9+. The molecule has 2 aromatic heterocycles. The lowest BCUT2D eigenvalue weighted by Crippen LogP contribution is -2.33. The number of aryl methyl sites for hydroxylation is 3. The van der Waals surface area contributed by atoms with E-state index in [1.54, 1.807) is 6.20 Å². The Hall–Kier alpha value is -2.26. The van der Waals surface area contributed by atoms with E-state index in [2.05, 4.69) is 29.8 Å². The fourth-order valence-corrected chi connectivity index (χ4v) is 2.78. The summed E-state index contributed by atoms with van der Waals surface area (Å²) in [5.74, 6) is 1.76. The SMILES string of the molecule is NCCCn1cc[n+](CCCN)c1/N=N/c1cnn2c1NCCC2. The summed E-state index contributed by atoms with van der Waals surface area (Å²) in [5.41, 5.74) is 12.0. The third kappa shape index (κ3) is 3.62. The maximum absolute atomic E-state index is 5.63. The van der Waals surface area contributed by atoms with Gasteiger partial charge in [0.15, 0.2) is 11.5 Å². The summed E-state index contributed by atoms with van der Waals surface area (Å²) >= 11 is 0. The number of hydrogen-bond donors (Lipinski definition) is 3. The standard InChI is InChI=1S/C15H25N9/c16-4-1-7-22-10-11-23(8-2-5-17)15(22)21-20-13-12-19-24-9-3-6-18-14(13)24/h10-12H,1-9,16-17H2/p+1. The minimum absolute atomic E-state index is 0.651. The van der Waals surface area contributed by atoms with Gasteiger partial charge in [-0.25, -0.2) is 13.8 Å². The van der Waals surface area contributed by atoms with E-state index < -0.39 is 0 Å². The number of nitrogens with two attached hydrogens (primary N) is 2. The first-order valence-electron chi connectivity index (χ1n) is 8.53. The maximum Gasteiger partial charge on any atom is 0.421 e. The largest absolute Gasteiger partial charge is 0.421 e. The van der Waals surface area contributed by atoms with E-state index in [0.29, 0.717) is 13.1 Å². The molecule has 5 N–H and O–H groups in total. The molecule has 1 aliphatic heterocycles. The van der Waals surface area contributed by atoms with Crippen molar-refractivity contribution in [2.24, 2.45) is 21.7 Å². The highest BCUT2D eigenvalue weighted by atomic mass is 15.4. The number of rotatable bonds is 8. The molecule has 0 saturated heterocycles. The first kappa shape index (κ1) is 16.6. The predicted octanol–water partition coefficient (Wildman–Crippen LogP) is 0.901. The van der Waals surface area contributed by atoms with Crippen LogP contribution >= 0.6 is 0 Å². The molecule has 130 valence electrons. The van der Waals surface area contributed by atoms with E-state index in [0.717, 1.165) is 62.9 Å². The molecule has 0 amide bonds. The van der Waals surface area contributed by atoms with Gasteiger partial charge in [-0.3, -0.25) is 0 Å². The molecule has 0 aromatic carbocycles. The van der Waals surface area contributed by atoms with E-state index in [1.807, 2.05) is 17.1 Å². The lowest BCUT2D eigenvalue weighted by Gasteiger charge is -2.15. The molecule has 9 heteroatoms. The Kier molecular flexibility index (Phi) is 5.55. The van der Waals surface area contributed by atoms with Crippen molar-refractivity contribution in [1.82, 2.24) is 14.3 Å². The van der Waals surface area contributed by atoms with Crippen LogP contribution in [0.25, 0.3) is 0 Å². The van der Waals surface area contributed by atoms with Crippen molar-refractivity contribution >= 4 is 17.5 Å². The zero-order chi connectivity index (χ0) is 16.8. The third-order valence-electron chi connectivity index (χ3n) is 4.05. The van der Waals surface area contributed by atoms with Gasteiger partial charge in [-0.1, -0.05) is 5.11 Å². The predicted molar refractivity (Wildman–Crippen MR) is 91.5 cm³/mol. The van der Waals surface area contributed by atoms with E-state index >= 15 is 0 Å². The number of hydrogen-bond acceptors (Lipinski definition) is 6. The van der Waals surface area contributed by atoms with Crippen molar-refractivity contribution in [2.75, 3.05) is 25.0 Å². The minimum atomic E-state index is 0.651. The van der Waals surface area contributed by atoms with Crippen LogP contribution in [0.2, 0.25) is 0 Å². The summed E-state index contributed by atoms with van der Waals surface area (Å²) < 4.78 is 6.10. The van der Waals surface area contributed by atoms with Gasteiger partial charge in [0.1, 0.15) is 0 Å². The van der Waals surface area contributed by atoms with Gasteiger partial charge in [-0.2, -0.15) is 5.10 Å². The second-order valence-corrected chi connectivity index (χ2v) is 5.85. The smallest absolute Gasteiger partial charge is 0.368 e. The van der Waals surface area contributed by atoms with Gasteiger partial charge in [-0.15, -0.1) is 0 Å². The number of aromatic nitrogens is 4. The zero-order valence-electron chi connectivity index (χ0n) is 13.9. The van der Waals surface area contributed by atoms with Gasteiger partial charge in [0.05, 0.1) is 31.7 Å². The van der Waals surface area contributed by atoms with Gasteiger partial charge in [0.2, 0.25) is 0 Å². The van der Waals surface area contributed by atoms with Crippen LogP contribution < -0.4 is 21.4 Å². The molecule has 0 fully saturated rings. The van der Waals surface area contributed by atoms with E-state index in [1.165, 1.54) is 0 Å². The Labute approximate surface area is 141 Å². The summed E-state index contributed by atoms with van der Waals surface area (Å²) in [6.45, 7) is 4.81. The highest BCUT2D eigenvalue weighted by Gasteiger charge is 2.19. The monoisotopic (exact) mass is 332 g/mol. The van der Waals surface area contributed by atoms with Crippen molar-refractivity contribution in [3.63, 3.8) is 0 Å². The Bertz CT molecular complexity index is 660. The van der Waals surface area contributed by atoms with Gasteiger partial charge < -0.3 is 16.8 Å². The van der Waals surface area contributed by atoms with Crippen LogP contribution in [-0.4, -0.2) is 34.0 Å². The first-order chi connectivity index (χ1) is 11.8. The molecule has 0 aliphatic carbocycles. The van der Waals surface area contributed by atoms with E-state index in [4.69, 9.17) is 11.5 Å². The topological polar surface area (TPSA) is 115 Å². The molecule has 24 heavy (non-hydrogen) atoms. The molecule has 0 bridgehead atoms. The summed E-state index contributed by atoms with van der Waals surface area (Å²) in [5, 5.41) is 16.6. The van der Waals surface area contributed by atoms with Crippen LogP contribution in [0.15, 0.2) is 28.8 Å². The van der Waals surface area contributed by atoms with Crippen molar-refractivity contribution in [1.29, 1.82) is 0 Å². The van der Waals surface area contributed by atoms with Crippen LogP contribution in [-0.2, 0) is 19.6 Å². The summed E-state index contributed by atoms with van der Waals surface area (Å²) in [4.78, 5) is 0. The van der Waals surface area contributed by atoms with Crippen molar-refractivity contribution in [2.45, 2.75) is 38.9 Å². The average Bonchev–Trinajstić information content (AvgIpc) is 3.20. The molecule has 9 nitrogen and oxygen atoms in total.